The molecule has 1 aliphatic rings. The van der Waals surface area contributed by atoms with Crippen molar-refractivity contribution >= 4 is 11.6 Å². The summed E-state index contributed by atoms with van der Waals surface area (Å²) < 4.78 is 18.9. The highest BCUT2D eigenvalue weighted by molar-refractivity contribution is 6.32. The van der Waals surface area contributed by atoms with Gasteiger partial charge in [-0.3, -0.25) is 0 Å². The van der Waals surface area contributed by atoms with Crippen LogP contribution in [0.2, 0.25) is 5.02 Å². The van der Waals surface area contributed by atoms with Gasteiger partial charge >= 0.3 is 0 Å². The Morgan fingerprint density at radius 2 is 2.18 bits per heavy atom. The number of methoxy groups -OCH3 is 1. The molecule has 1 saturated carbocycles. The molecule has 1 atom stereocenters. The minimum absolute atomic E-state index is 0.00905. The Bertz CT molecular complexity index is 458. The molecule has 0 radical (unpaired) electrons. The van der Waals surface area contributed by atoms with E-state index in [1.807, 2.05) is 6.92 Å². The molecule has 0 amide bonds. The molecule has 17 heavy (non-hydrogen) atoms. The van der Waals surface area contributed by atoms with Crippen LogP contribution in [0, 0.1) is 5.82 Å². The molecule has 0 aliphatic heterocycles. The minimum atomic E-state index is -0.818. The van der Waals surface area contributed by atoms with Crippen molar-refractivity contribution in [3.63, 3.8) is 0 Å². The molecule has 0 bridgehead atoms. The Kier molecular flexibility index (Phi) is 2.96. The van der Waals surface area contributed by atoms with Gasteiger partial charge in [0.1, 0.15) is 0 Å². The second-order valence-electron chi connectivity index (χ2n) is 4.55. The smallest absolute Gasteiger partial charge is 0.208 e. The summed E-state index contributed by atoms with van der Waals surface area (Å²) in [6, 6.07) is 1.44. The van der Waals surface area contributed by atoms with E-state index in [4.69, 9.17) is 22.1 Å². The highest BCUT2D eigenvalue weighted by Crippen LogP contribution is 2.55. The topological polar surface area (TPSA) is 55.5 Å². The van der Waals surface area contributed by atoms with Crippen molar-refractivity contribution in [2.75, 3.05) is 7.11 Å². The Morgan fingerprint density at radius 1 is 1.59 bits per heavy atom. The second-order valence-corrected chi connectivity index (χ2v) is 4.95. The summed E-state index contributed by atoms with van der Waals surface area (Å²) in [6.07, 6.45) is 1.75. The van der Waals surface area contributed by atoms with Crippen molar-refractivity contribution in [1.29, 1.82) is 0 Å². The zero-order valence-electron chi connectivity index (χ0n) is 9.76. The van der Waals surface area contributed by atoms with Crippen LogP contribution >= 0.6 is 11.6 Å². The third-order valence-corrected chi connectivity index (χ3v) is 3.84. The number of phenolic OH excluding ortho intramolecular Hbond substituents is 1. The monoisotopic (exact) mass is 259 g/mol. The average molecular weight is 260 g/mol. The first-order chi connectivity index (χ1) is 7.94. The lowest BCUT2D eigenvalue weighted by Gasteiger charge is -2.23. The van der Waals surface area contributed by atoms with Crippen LogP contribution < -0.4 is 10.5 Å². The normalized spacial score (nSPS) is 18.9. The predicted octanol–water partition coefficient (Wildman–Crippen LogP) is 2.57. The third-order valence-electron chi connectivity index (χ3n) is 3.55. The molecule has 0 heterocycles. The van der Waals surface area contributed by atoms with Crippen molar-refractivity contribution < 1.29 is 14.2 Å². The van der Waals surface area contributed by atoms with E-state index in [2.05, 4.69) is 0 Å². The first-order valence-electron chi connectivity index (χ1n) is 5.45. The summed E-state index contributed by atoms with van der Waals surface area (Å²) in [6.45, 7) is 1.88. The Hall–Kier alpha value is -1.00. The highest BCUT2D eigenvalue weighted by Gasteiger charge is 2.50. The lowest BCUT2D eigenvalue weighted by Crippen LogP contribution is -2.32. The van der Waals surface area contributed by atoms with Crippen LogP contribution in [0.15, 0.2) is 6.07 Å². The van der Waals surface area contributed by atoms with Gasteiger partial charge in [-0.15, -0.1) is 0 Å². The molecule has 1 aliphatic carbocycles. The highest BCUT2D eigenvalue weighted by atomic mass is 35.5. The van der Waals surface area contributed by atoms with Gasteiger partial charge in [0.2, 0.25) is 5.82 Å². The summed E-state index contributed by atoms with van der Waals surface area (Å²) >= 11 is 5.80. The number of phenols is 1. The van der Waals surface area contributed by atoms with Crippen molar-refractivity contribution in [3.05, 3.63) is 22.5 Å². The Balaban J connectivity index is 2.62. The molecule has 0 aromatic heterocycles. The number of nitrogens with two attached hydrogens (primary N) is 1. The molecule has 5 heteroatoms. The molecule has 3 N–H and O–H groups in total. The van der Waals surface area contributed by atoms with Crippen LogP contribution in [0.5, 0.6) is 11.5 Å². The predicted molar refractivity (Wildman–Crippen MR) is 64.2 cm³/mol. The second kappa shape index (κ2) is 4.03. The van der Waals surface area contributed by atoms with Crippen LogP contribution in [0.25, 0.3) is 0 Å². The maximum atomic E-state index is 13.8. The minimum Gasteiger partial charge on any atom is -0.504 e. The standard InChI is InChI=1S/C12H15ClFNO2/c1-6(15)12(3-4-12)7-5-8(13)10(16)9(14)11(7)17-2/h5-6,16H,3-4,15H2,1-2H3. The number of benzene rings is 1. The molecule has 1 aromatic rings. The molecule has 1 unspecified atom stereocenters. The summed E-state index contributed by atoms with van der Waals surface area (Å²) in [5.41, 5.74) is 6.32. The molecule has 3 nitrogen and oxygen atoms in total. The van der Waals surface area contributed by atoms with Crippen LogP contribution in [-0.4, -0.2) is 18.3 Å². The molecule has 94 valence electrons. The van der Waals surface area contributed by atoms with Crippen molar-refractivity contribution in [2.45, 2.75) is 31.2 Å². The fourth-order valence-corrected chi connectivity index (χ4v) is 2.46. The van der Waals surface area contributed by atoms with Gasteiger partial charge in [-0.2, -0.15) is 4.39 Å². The third kappa shape index (κ3) is 1.76. The average Bonchev–Trinajstić information content (AvgIpc) is 3.06. The molecule has 1 aromatic carbocycles. The van der Waals surface area contributed by atoms with E-state index < -0.39 is 11.6 Å². The Morgan fingerprint density at radius 3 is 2.59 bits per heavy atom. The van der Waals surface area contributed by atoms with Crippen LogP contribution in [0.3, 0.4) is 0 Å². The number of hydrogen-bond acceptors (Lipinski definition) is 3. The van der Waals surface area contributed by atoms with Gasteiger partial charge in [0.05, 0.1) is 12.1 Å². The van der Waals surface area contributed by atoms with E-state index in [-0.39, 0.29) is 22.2 Å². The Labute approximate surface area is 104 Å². The first-order valence-corrected chi connectivity index (χ1v) is 5.83. The zero-order chi connectivity index (χ0) is 12.8. The molecule has 0 saturated heterocycles. The van der Waals surface area contributed by atoms with Crippen LogP contribution in [-0.2, 0) is 5.41 Å². The van der Waals surface area contributed by atoms with E-state index in [1.165, 1.54) is 7.11 Å². The summed E-state index contributed by atoms with van der Waals surface area (Å²) in [7, 11) is 1.37. The van der Waals surface area contributed by atoms with Crippen LogP contribution in [0.1, 0.15) is 25.3 Å². The summed E-state index contributed by atoms with van der Waals surface area (Å²) in [5, 5.41) is 9.44. The maximum Gasteiger partial charge on any atom is 0.208 e. The number of aromatic hydroxyl groups is 1. The molecular formula is C12H15ClFNO2. The molecule has 1 fully saturated rings. The van der Waals surface area contributed by atoms with Gasteiger partial charge in [-0.1, -0.05) is 11.6 Å². The van der Waals surface area contributed by atoms with E-state index in [0.29, 0.717) is 5.56 Å². The summed E-state index contributed by atoms with van der Waals surface area (Å²) in [4.78, 5) is 0. The lowest BCUT2D eigenvalue weighted by molar-refractivity contribution is 0.353. The summed E-state index contributed by atoms with van der Waals surface area (Å²) in [5.74, 6) is -1.35. The number of rotatable bonds is 3. The van der Waals surface area contributed by atoms with Gasteiger partial charge in [0, 0.05) is 17.0 Å². The van der Waals surface area contributed by atoms with Gasteiger partial charge in [-0.25, -0.2) is 0 Å². The SMILES string of the molecule is COc1c(C2(C(C)N)CC2)cc(Cl)c(O)c1F. The first kappa shape index (κ1) is 12.5. The van der Waals surface area contributed by atoms with Gasteiger partial charge < -0.3 is 15.6 Å². The van der Waals surface area contributed by atoms with Crippen molar-refractivity contribution in [2.24, 2.45) is 5.73 Å². The van der Waals surface area contributed by atoms with E-state index in [1.54, 1.807) is 6.07 Å². The maximum absolute atomic E-state index is 13.8. The largest absolute Gasteiger partial charge is 0.504 e. The fraction of sp³-hybridized carbons (Fsp3) is 0.500. The van der Waals surface area contributed by atoms with Crippen LogP contribution in [0.4, 0.5) is 4.39 Å². The van der Waals surface area contributed by atoms with Gasteiger partial charge in [0.15, 0.2) is 11.5 Å². The van der Waals surface area contributed by atoms with Crippen molar-refractivity contribution in [1.82, 2.24) is 0 Å². The lowest BCUT2D eigenvalue weighted by atomic mass is 9.88. The number of hydrogen-bond donors (Lipinski definition) is 2. The number of ether oxygens (including phenoxy) is 1. The number of halogens is 2. The van der Waals surface area contributed by atoms with E-state index in [0.717, 1.165) is 12.8 Å². The van der Waals surface area contributed by atoms with Gasteiger partial charge in [-0.05, 0) is 25.8 Å². The van der Waals surface area contributed by atoms with E-state index >= 15 is 0 Å². The zero-order valence-corrected chi connectivity index (χ0v) is 10.5. The molecular weight excluding hydrogens is 245 g/mol. The molecule has 2 rings (SSSR count). The van der Waals surface area contributed by atoms with Crippen molar-refractivity contribution in [3.8, 4) is 11.5 Å². The van der Waals surface area contributed by atoms with Gasteiger partial charge in [0.25, 0.3) is 0 Å². The molecule has 0 spiro atoms. The van der Waals surface area contributed by atoms with E-state index in [9.17, 15) is 9.50 Å². The fourth-order valence-electron chi connectivity index (χ4n) is 2.27. The quantitative estimate of drug-likeness (QED) is 0.877.